The zero-order valence-electron chi connectivity index (χ0n) is 9.07. The van der Waals surface area contributed by atoms with E-state index in [2.05, 4.69) is 39.3 Å². The molecule has 0 spiro atoms. The molecule has 2 heterocycles. The van der Waals surface area contributed by atoms with E-state index in [1.165, 1.54) is 16.5 Å². The SMILES string of the molecule is c1ccc2c(NC[C@H]3CCNC3)nsc2c1. The molecule has 3 nitrogen and oxygen atoms in total. The summed E-state index contributed by atoms with van der Waals surface area (Å²) >= 11 is 1.57. The van der Waals surface area contributed by atoms with Crippen molar-refractivity contribution in [3.63, 3.8) is 0 Å². The molecule has 2 aromatic rings. The minimum absolute atomic E-state index is 0.750. The number of fused-ring (bicyclic) bond motifs is 1. The minimum atomic E-state index is 0.750. The highest BCUT2D eigenvalue weighted by molar-refractivity contribution is 7.13. The third-order valence-electron chi connectivity index (χ3n) is 3.10. The Kier molecular flexibility index (Phi) is 2.76. The molecule has 1 aliphatic rings. The van der Waals surface area contributed by atoms with Crippen molar-refractivity contribution in [1.29, 1.82) is 0 Å². The number of rotatable bonds is 3. The van der Waals surface area contributed by atoms with Crippen LogP contribution < -0.4 is 10.6 Å². The van der Waals surface area contributed by atoms with Gasteiger partial charge in [0.2, 0.25) is 0 Å². The van der Waals surface area contributed by atoms with Crippen LogP contribution in [0.25, 0.3) is 10.1 Å². The van der Waals surface area contributed by atoms with Crippen LogP contribution in [0.2, 0.25) is 0 Å². The van der Waals surface area contributed by atoms with Crippen molar-refractivity contribution in [3.8, 4) is 0 Å². The van der Waals surface area contributed by atoms with Crippen molar-refractivity contribution < 1.29 is 0 Å². The molecule has 1 saturated heterocycles. The Morgan fingerprint density at radius 3 is 3.25 bits per heavy atom. The summed E-state index contributed by atoms with van der Waals surface area (Å²) in [5.74, 6) is 1.80. The Morgan fingerprint density at radius 1 is 1.44 bits per heavy atom. The predicted molar refractivity (Wildman–Crippen MR) is 69.1 cm³/mol. The Balaban J connectivity index is 1.73. The van der Waals surface area contributed by atoms with E-state index in [9.17, 15) is 0 Å². The highest BCUT2D eigenvalue weighted by Gasteiger charge is 2.14. The standard InChI is InChI=1S/C12H15N3S/c1-2-4-11-10(3-1)12(15-16-11)14-8-9-5-6-13-7-9/h1-4,9,13H,5-8H2,(H,14,15)/t9-/m0/s1. The topological polar surface area (TPSA) is 37.0 Å². The van der Waals surface area contributed by atoms with Gasteiger partial charge in [0.05, 0.1) is 4.70 Å². The number of nitrogens with zero attached hydrogens (tertiary/aromatic N) is 1. The van der Waals surface area contributed by atoms with E-state index in [0.717, 1.165) is 31.4 Å². The van der Waals surface area contributed by atoms with E-state index in [1.807, 2.05) is 0 Å². The van der Waals surface area contributed by atoms with Crippen LogP contribution in [0.15, 0.2) is 24.3 Å². The van der Waals surface area contributed by atoms with Crippen LogP contribution in [0.4, 0.5) is 5.82 Å². The van der Waals surface area contributed by atoms with Gasteiger partial charge in [-0.25, -0.2) is 0 Å². The Bertz CT molecular complexity index is 474. The zero-order chi connectivity index (χ0) is 10.8. The van der Waals surface area contributed by atoms with Crippen LogP contribution in [0.5, 0.6) is 0 Å². The van der Waals surface area contributed by atoms with Crippen LogP contribution in [-0.2, 0) is 0 Å². The summed E-state index contributed by atoms with van der Waals surface area (Å²) in [5.41, 5.74) is 0. The Hall–Kier alpha value is -1.13. The summed E-state index contributed by atoms with van der Waals surface area (Å²) in [7, 11) is 0. The van der Waals surface area contributed by atoms with Crippen LogP contribution in [-0.4, -0.2) is 24.0 Å². The lowest BCUT2D eigenvalue weighted by atomic mass is 10.1. The molecule has 1 atom stereocenters. The second-order valence-corrected chi connectivity index (χ2v) is 5.07. The highest BCUT2D eigenvalue weighted by atomic mass is 32.1. The fraction of sp³-hybridized carbons (Fsp3) is 0.417. The van der Waals surface area contributed by atoms with E-state index < -0.39 is 0 Å². The summed E-state index contributed by atoms with van der Waals surface area (Å²) in [6.07, 6.45) is 1.27. The van der Waals surface area contributed by atoms with Crippen molar-refractivity contribution in [1.82, 2.24) is 9.69 Å². The van der Waals surface area contributed by atoms with Crippen molar-refractivity contribution >= 4 is 27.4 Å². The summed E-state index contributed by atoms with van der Waals surface area (Å²) in [4.78, 5) is 0. The quantitative estimate of drug-likeness (QED) is 0.854. The van der Waals surface area contributed by atoms with Gasteiger partial charge >= 0.3 is 0 Å². The maximum absolute atomic E-state index is 4.47. The summed E-state index contributed by atoms with van der Waals surface area (Å²) in [6.45, 7) is 3.32. The molecule has 0 radical (unpaired) electrons. The van der Waals surface area contributed by atoms with Crippen molar-refractivity contribution in [3.05, 3.63) is 24.3 Å². The van der Waals surface area contributed by atoms with Crippen molar-refractivity contribution in [2.45, 2.75) is 6.42 Å². The third kappa shape index (κ3) is 1.90. The van der Waals surface area contributed by atoms with Gasteiger partial charge in [-0.2, -0.15) is 4.37 Å². The monoisotopic (exact) mass is 233 g/mol. The molecule has 3 rings (SSSR count). The first-order valence-electron chi connectivity index (χ1n) is 5.72. The van der Waals surface area contributed by atoms with E-state index in [-0.39, 0.29) is 0 Å². The summed E-state index contributed by atoms with van der Waals surface area (Å²) in [5, 5.41) is 8.10. The zero-order valence-corrected chi connectivity index (χ0v) is 9.89. The van der Waals surface area contributed by atoms with E-state index in [0.29, 0.717) is 0 Å². The average Bonchev–Trinajstić information content (AvgIpc) is 2.96. The minimum Gasteiger partial charge on any atom is -0.368 e. The highest BCUT2D eigenvalue weighted by Crippen LogP contribution is 2.26. The third-order valence-corrected chi connectivity index (χ3v) is 3.92. The van der Waals surface area contributed by atoms with Crippen LogP contribution >= 0.6 is 11.5 Å². The number of hydrogen-bond donors (Lipinski definition) is 2. The Labute approximate surface area is 99.0 Å². The normalized spacial score (nSPS) is 20.4. The van der Waals surface area contributed by atoms with Gasteiger partial charge in [0.15, 0.2) is 0 Å². The predicted octanol–water partition coefficient (Wildman–Crippen LogP) is 2.32. The van der Waals surface area contributed by atoms with E-state index in [4.69, 9.17) is 0 Å². The molecular formula is C12H15N3S. The fourth-order valence-corrected chi connectivity index (χ4v) is 2.90. The fourth-order valence-electron chi connectivity index (χ4n) is 2.14. The lowest BCUT2D eigenvalue weighted by molar-refractivity contribution is 0.615. The van der Waals surface area contributed by atoms with Crippen LogP contribution in [0.3, 0.4) is 0 Å². The van der Waals surface area contributed by atoms with Gasteiger partial charge in [0.25, 0.3) is 0 Å². The lowest BCUT2D eigenvalue weighted by Gasteiger charge is -2.09. The first kappa shape index (κ1) is 10.1. The summed E-state index contributed by atoms with van der Waals surface area (Å²) < 4.78 is 5.73. The molecule has 1 aliphatic heterocycles. The number of benzene rings is 1. The molecule has 0 aliphatic carbocycles. The molecule has 0 amide bonds. The lowest BCUT2D eigenvalue weighted by Crippen LogP contribution is -2.17. The van der Waals surface area contributed by atoms with Crippen LogP contribution in [0, 0.1) is 5.92 Å². The Morgan fingerprint density at radius 2 is 2.38 bits per heavy atom. The number of aromatic nitrogens is 1. The maximum atomic E-state index is 4.47. The van der Waals surface area contributed by atoms with E-state index in [1.54, 1.807) is 11.5 Å². The van der Waals surface area contributed by atoms with Crippen LogP contribution in [0.1, 0.15) is 6.42 Å². The molecular weight excluding hydrogens is 218 g/mol. The number of hydrogen-bond acceptors (Lipinski definition) is 4. The first-order chi connectivity index (χ1) is 7.93. The van der Waals surface area contributed by atoms with Gasteiger partial charge in [0.1, 0.15) is 5.82 Å². The molecule has 2 N–H and O–H groups in total. The number of anilines is 1. The van der Waals surface area contributed by atoms with Gasteiger partial charge in [0, 0.05) is 11.9 Å². The largest absolute Gasteiger partial charge is 0.368 e. The molecule has 16 heavy (non-hydrogen) atoms. The smallest absolute Gasteiger partial charge is 0.147 e. The molecule has 1 aromatic heterocycles. The molecule has 84 valence electrons. The summed E-state index contributed by atoms with van der Waals surface area (Å²) in [6, 6.07) is 8.38. The van der Waals surface area contributed by atoms with Crippen molar-refractivity contribution in [2.24, 2.45) is 5.92 Å². The van der Waals surface area contributed by atoms with Crippen molar-refractivity contribution in [2.75, 3.05) is 25.0 Å². The molecule has 0 bridgehead atoms. The first-order valence-corrected chi connectivity index (χ1v) is 6.50. The molecule has 1 fully saturated rings. The molecule has 4 heteroatoms. The average molecular weight is 233 g/mol. The van der Waals surface area contributed by atoms with E-state index >= 15 is 0 Å². The maximum Gasteiger partial charge on any atom is 0.147 e. The second-order valence-electron chi connectivity index (χ2n) is 4.27. The number of nitrogens with one attached hydrogen (secondary N) is 2. The molecule has 0 saturated carbocycles. The van der Waals surface area contributed by atoms with Gasteiger partial charge in [-0.3, -0.25) is 0 Å². The van der Waals surface area contributed by atoms with Gasteiger partial charge in [-0.15, -0.1) is 0 Å². The van der Waals surface area contributed by atoms with Gasteiger partial charge < -0.3 is 10.6 Å². The molecule has 1 aromatic carbocycles. The van der Waals surface area contributed by atoms with Gasteiger partial charge in [-0.1, -0.05) is 12.1 Å². The molecule has 0 unspecified atom stereocenters. The second kappa shape index (κ2) is 4.39. The van der Waals surface area contributed by atoms with Gasteiger partial charge in [-0.05, 0) is 49.1 Å².